The third-order valence-electron chi connectivity index (χ3n) is 4.39. The molecule has 0 unspecified atom stereocenters. The van der Waals surface area contributed by atoms with E-state index in [-0.39, 0.29) is 17.7 Å². The Hall–Kier alpha value is -1.53. The van der Waals surface area contributed by atoms with Crippen LogP contribution >= 0.6 is 11.8 Å². The van der Waals surface area contributed by atoms with Crippen molar-refractivity contribution in [1.29, 1.82) is 0 Å². The van der Waals surface area contributed by atoms with E-state index in [1.807, 2.05) is 31.4 Å². The zero-order chi connectivity index (χ0) is 17.5. The number of nitrogens with two attached hydrogens (primary N) is 1. The first-order valence-corrected chi connectivity index (χ1v) is 9.87. The fraction of sp³-hybridized carbons (Fsp3) is 0.556. The monoisotopic (exact) mass is 349 g/mol. The van der Waals surface area contributed by atoms with Crippen molar-refractivity contribution in [2.45, 2.75) is 45.1 Å². The average molecular weight is 350 g/mol. The minimum atomic E-state index is -0.545. The van der Waals surface area contributed by atoms with Crippen LogP contribution < -0.4 is 16.4 Å². The molecular weight excluding hydrogens is 322 g/mol. The lowest BCUT2D eigenvalue weighted by molar-refractivity contribution is -0.120. The van der Waals surface area contributed by atoms with Crippen molar-refractivity contribution in [3.05, 3.63) is 23.8 Å². The SMILES string of the molecule is CSCC[C@@H](N)C(=O)Nc1cc(C)ccc1NC(=O)C1CCCC1. The molecule has 4 N–H and O–H groups in total. The number of anilines is 2. The van der Waals surface area contributed by atoms with Gasteiger partial charge in [0.1, 0.15) is 0 Å². The maximum Gasteiger partial charge on any atom is 0.241 e. The minimum Gasteiger partial charge on any atom is -0.324 e. The number of nitrogens with one attached hydrogen (secondary N) is 2. The molecular formula is C18H27N3O2S. The van der Waals surface area contributed by atoms with Gasteiger partial charge in [-0.2, -0.15) is 11.8 Å². The molecule has 1 saturated carbocycles. The fourth-order valence-corrected chi connectivity index (χ4v) is 3.38. The molecule has 0 aromatic heterocycles. The summed E-state index contributed by atoms with van der Waals surface area (Å²) in [6.45, 7) is 1.95. The first-order chi connectivity index (χ1) is 11.5. The summed E-state index contributed by atoms with van der Waals surface area (Å²) < 4.78 is 0. The van der Waals surface area contributed by atoms with Gasteiger partial charge in [0.15, 0.2) is 0 Å². The van der Waals surface area contributed by atoms with E-state index in [0.717, 1.165) is 37.0 Å². The predicted octanol–water partition coefficient (Wildman–Crippen LogP) is 3.14. The van der Waals surface area contributed by atoms with Gasteiger partial charge >= 0.3 is 0 Å². The number of hydrogen-bond acceptors (Lipinski definition) is 4. The second-order valence-electron chi connectivity index (χ2n) is 6.40. The summed E-state index contributed by atoms with van der Waals surface area (Å²) in [5.74, 6) is 0.747. The van der Waals surface area contributed by atoms with Gasteiger partial charge in [0.2, 0.25) is 11.8 Å². The summed E-state index contributed by atoms with van der Waals surface area (Å²) in [6, 6.07) is 5.08. The summed E-state index contributed by atoms with van der Waals surface area (Å²) in [4.78, 5) is 24.6. The molecule has 1 fully saturated rings. The molecule has 0 bridgehead atoms. The van der Waals surface area contributed by atoms with Crippen LogP contribution in [0.1, 0.15) is 37.7 Å². The van der Waals surface area contributed by atoms with Crippen LogP contribution in [0.4, 0.5) is 11.4 Å². The number of thioether (sulfide) groups is 1. The number of carbonyl (C=O) groups excluding carboxylic acids is 2. The fourth-order valence-electron chi connectivity index (χ4n) is 2.89. The van der Waals surface area contributed by atoms with Crippen molar-refractivity contribution in [3.63, 3.8) is 0 Å². The molecule has 1 aromatic rings. The van der Waals surface area contributed by atoms with Crippen LogP contribution in [0.25, 0.3) is 0 Å². The summed E-state index contributed by atoms with van der Waals surface area (Å²) in [5.41, 5.74) is 8.20. The first kappa shape index (κ1) is 18.8. The Labute approximate surface area is 148 Å². The third-order valence-corrected chi connectivity index (χ3v) is 5.03. The molecule has 6 heteroatoms. The molecule has 0 saturated heterocycles. The Morgan fingerprint density at radius 1 is 1.25 bits per heavy atom. The van der Waals surface area contributed by atoms with Crippen LogP contribution in [0.5, 0.6) is 0 Å². The van der Waals surface area contributed by atoms with Gasteiger partial charge in [0, 0.05) is 5.92 Å². The van der Waals surface area contributed by atoms with E-state index in [4.69, 9.17) is 5.73 Å². The first-order valence-electron chi connectivity index (χ1n) is 8.48. The average Bonchev–Trinajstić information content (AvgIpc) is 3.09. The van der Waals surface area contributed by atoms with Crippen LogP contribution in [0.15, 0.2) is 18.2 Å². The van der Waals surface area contributed by atoms with Gasteiger partial charge in [-0.1, -0.05) is 18.9 Å². The van der Waals surface area contributed by atoms with Crippen molar-refractivity contribution in [1.82, 2.24) is 0 Å². The summed E-state index contributed by atoms with van der Waals surface area (Å²) >= 11 is 1.66. The van der Waals surface area contributed by atoms with Crippen molar-refractivity contribution in [2.75, 3.05) is 22.6 Å². The van der Waals surface area contributed by atoms with Gasteiger partial charge in [-0.3, -0.25) is 9.59 Å². The zero-order valence-electron chi connectivity index (χ0n) is 14.4. The molecule has 1 aliphatic carbocycles. The standard InChI is InChI=1S/C18H27N3O2S/c1-12-7-8-15(20-17(22)13-5-3-4-6-13)16(11-12)21-18(23)14(19)9-10-24-2/h7-8,11,13-14H,3-6,9-10,19H2,1-2H3,(H,20,22)(H,21,23)/t14-/m1/s1. The molecule has 0 heterocycles. The highest BCUT2D eigenvalue weighted by Gasteiger charge is 2.23. The number of aryl methyl sites for hydroxylation is 1. The lowest BCUT2D eigenvalue weighted by Gasteiger charge is -2.17. The van der Waals surface area contributed by atoms with Gasteiger partial charge in [0.05, 0.1) is 17.4 Å². The lowest BCUT2D eigenvalue weighted by Crippen LogP contribution is -2.36. The Bertz CT molecular complexity index is 586. The molecule has 1 aliphatic rings. The largest absolute Gasteiger partial charge is 0.324 e. The molecule has 1 aromatic carbocycles. The highest BCUT2D eigenvalue weighted by Crippen LogP contribution is 2.28. The number of hydrogen-bond donors (Lipinski definition) is 3. The number of amides is 2. The molecule has 0 radical (unpaired) electrons. The molecule has 5 nitrogen and oxygen atoms in total. The Balaban J connectivity index is 2.06. The highest BCUT2D eigenvalue weighted by molar-refractivity contribution is 7.98. The predicted molar refractivity (Wildman–Crippen MR) is 101 cm³/mol. The Morgan fingerprint density at radius 2 is 1.96 bits per heavy atom. The topological polar surface area (TPSA) is 84.2 Å². The van der Waals surface area contributed by atoms with Gasteiger partial charge < -0.3 is 16.4 Å². The maximum absolute atomic E-state index is 12.4. The van der Waals surface area contributed by atoms with E-state index in [1.165, 1.54) is 0 Å². The minimum absolute atomic E-state index is 0.0403. The molecule has 24 heavy (non-hydrogen) atoms. The van der Waals surface area contributed by atoms with Gasteiger partial charge in [-0.15, -0.1) is 0 Å². The van der Waals surface area contributed by atoms with Crippen molar-refractivity contribution >= 4 is 35.0 Å². The van der Waals surface area contributed by atoms with Crippen LogP contribution in [-0.4, -0.2) is 29.9 Å². The van der Waals surface area contributed by atoms with Crippen molar-refractivity contribution in [2.24, 2.45) is 11.7 Å². The van der Waals surface area contributed by atoms with Crippen LogP contribution in [0.2, 0.25) is 0 Å². The lowest BCUT2D eigenvalue weighted by atomic mass is 10.1. The maximum atomic E-state index is 12.4. The third kappa shape index (κ3) is 5.24. The van der Waals surface area contributed by atoms with E-state index < -0.39 is 6.04 Å². The van der Waals surface area contributed by atoms with Crippen LogP contribution in [-0.2, 0) is 9.59 Å². The smallest absolute Gasteiger partial charge is 0.241 e. The van der Waals surface area contributed by atoms with Crippen molar-refractivity contribution < 1.29 is 9.59 Å². The van der Waals surface area contributed by atoms with E-state index >= 15 is 0 Å². The highest BCUT2D eigenvalue weighted by atomic mass is 32.2. The van der Waals surface area contributed by atoms with E-state index in [2.05, 4.69) is 10.6 Å². The quantitative estimate of drug-likeness (QED) is 0.706. The molecule has 0 spiro atoms. The summed E-state index contributed by atoms with van der Waals surface area (Å²) in [7, 11) is 0. The summed E-state index contributed by atoms with van der Waals surface area (Å²) in [6.07, 6.45) is 6.72. The van der Waals surface area contributed by atoms with Crippen LogP contribution in [0, 0.1) is 12.8 Å². The number of benzene rings is 1. The molecule has 1 atom stereocenters. The summed E-state index contributed by atoms with van der Waals surface area (Å²) in [5, 5.41) is 5.84. The second-order valence-corrected chi connectivity index (χ2v) is 7.38. The molecule has 132 valence electrons. The normalized spacial score (nSPS) is 16.0. The van der Waals surface area contributed by atoms with Gasteiger partial charge in [-0.25, -0.2) is 0 Å². The number of rotatable bonds is 7. The van der Waals surface area contributed by atoms with Gasteiger partial charge in [0.25, 0.3) is 0 Å². The molecule has 2 rings (SSSR count). The van der Waals surface area contributed by atoms with E-state index in [1.54, 1.807) is 11.8 Å². The van der Waals surface area contributed by atoms with E-state index in [9.17, 15) is 9.59 Å². The Kier molecular flexibility index (Phi) is 7.12. The van der Waals surface area contributed by atoms with Gasteiger partial charge in [-0.05, 0) is 55.9 Å². The Morgan fingerprint density at radius 3 is 2.62 bits per heavy atom. The number of carbonyl (C=O) groups is 2. The van der Waals surface area contributed by atoms with Crippen LogP contribution in [0.3, 0.4) is 0 Å². The second kappa shape index (κ2) is 9.08. The molecule has 2 amide bonds. The van der Waals surface area contributed by atoms with E-state index in [0.29, 0.717) is 17.8 Å². The van der Waals surface area contributed by atoms with Crippen molar-refractivity contribution in [3.8, 4) is 0 Å². The zero-order valence-corrected chi connectivity index (χ0v) is 15.2. The molecule has 0 aliphatic heterocycles.